The van der Waals surface area contributed by atoms with Crippen molar-refractivity contribution in [1.82, 2.24) is 4.98 Å². The van der Waals surface area contributed by atoms with Crippen LogP contribution in [-0.2, 0) is 0 Å². The summed E-state index contributed by atoms with van der Waals surface area (Å²) in [6.07, 6.45) is 6.73. The standard InChI is InChI=1S/C17H19N3O2/c21-17(20-16-7-3-4-12-18-16)19-13-8-10-15(11-9-13)22-14-5-1-2-6-14/h3-4,7-12,14H,1-2,5-6H2,(H2,18,19,20,21). The minimum atomic E-state index is -0.317. The van der Waals surface area contributed by atoms with Crippen molar-refractivity contribution in [3.63, 3.8) is 0 Å². The molecule has 0 bridgehead atoms. The monoisotopic (exact) mass is 297 g/mol. The molecule has 114 valence electrons. The molecule has 0 unspecified atom stereocenters. The van der Waals surface area contributed by atoms with Crippen LogP contribution in [0.4, 0.5) is 16.3 Å². The third kappa shape index (κ3) is 3.97. The molecule has 1 heterocycles. The van der Waals surface area contributed by atoms with E-state index < -0.39 is 0 Å². The van der Waals surface area contributed by atoms with E-state index in [4.69, 9.17) is 4.74 Å². The maximum atomic E-state index is 11.9. The number of nitrogens with one attached hydrogen (secondary N) is 2. The van der Waals surface area contributed by atoms with Crippen LogP contribution in [0.3, 0.4) is 0 Å². The molecule has 1 aromatic carbocycles. The average Bonchev–Trinajstić information content (AvgIpc) is 3.03. The summed E-state index contributed by atoms with van der Waals surface area (Å²) in [4.78, 5) is 15.9. The summed E-state index contributed by atoms with van der Waals surface area (Å²) < 4.78 is 5.89. The number of urea groups is 1. The number of nitrogens with zero attached hydrogens (tertiary/aromatic N) is 1. The number of ether oxygens (including phenoxy) is 1. The molecule has 22 heavy (non-hydrogen) atoms. The van der Waals surface area contributed by atoms with E-state index in [1.165, 1.54) is 12.8 Å². The van der Waals surface area contributed by atoms with E-state index in [2.05, 4.69) is 15.6 Å². The Morgan fingerprint density at radius 2 is 1.82 bits per heavy atom. The van der Waals surface area contributed by atoms with Crippen LogP contribution in [0.5, 0.6) is 5.75 Å². The van der Waals surface area contributed by atoms with E-state index >= 15 is 0 Å². The highest BCUT2D eigenvalue weighted by atomic mass is 16.5. The van der Waals surface area contributed by atoms with Crippen molar-refractivity contribution in [3.8, 4) is 5.75 Å². The van der Waals surface area contributed by atoms with Gasteiger partial charge in [0.15, 0.2) is 0 Å². The summed E-state index contributed by atoms with van der Waals surface area (Å²) in [5, 5.41) is 5.44. The maximum Gasteiger partial charge on any atom is 0.324 e. The number of carbonyl (C=O) groups is 1. The Balaban J connectivity index is 1.53. The van der Waals surface area contributed by atoms with Gasteiger partial charge in [0, 0.05) is 11.9 Å². The fraction of sp³-hybridized carbons (Fsp3) is 0.294. The first-order chi connectivity index (χ1) is 10.8. The zero-order valence-electron chi connectivity index (χ0n) is 12.3. The first-order valence-corrected chi connectivity index (χ1v) is 7.55. The Labute approximate surface area is 129 Å². The summed E-state index contributed by atoms with van der Waals surface area (Å²) in [6.45, 7) is 0. The number of amides is 2. The third-order valence-electron chi connectivity index (χ3n) is 3.62. The summed E-state index contributed by atoms with van der Waals surface area (Å²) in [6, 6.07) is 12.5. The fourth-order valence-corrected chi connectivity index (χ4v) is 2.53. The van der Waals surface area contributed by atoms with Gasteiger partial charge in [0.05, 0.1) is 6.10 Å². The molecule has 1 saturated carbocycles. The minimum Gasteiger partial charge on any atom is -0.490 e. The average molecular weight is 297 g/mol. The van der Waals surface area contributed by atoms with Crippen LogP contribution in [0.25, 0.3) is 0 Å². The van der Waals surface area contributed by atoms with Crippen molar-refractivity contribution < 1.29 is 9.53 Å². The van der Waals surface area contributed by atoms with E-state index in [0.717, 1.165) is 18.6 Å². The molecule has 0 saturated heterocycles. The van der Waals surface area contributed by atoms with Crippen LogP contribution < -0.4 is 15.4 Å². The predicted molar refractivity (Wildman–Crippen MR) is 86.2 cm³/mol. The number of rotatable bonds is 4. The van der Waals surface area contributed by atoms with Crippen molar-refractivity contribution in [2.75, 3.05) is 10.6 Å². The van der Waals surface area contributed by atoms with Gasteiger partial charge in [-0.1, -0.05) is 6.07 Å². The van der Waals surface area contributed by atoms with Crippen LogP contribution in [0.15, 0.2) is 48.7 Å². The Morgan fingerprint density at radius 1 is 1.05 bits per heavy atom. The summed E-state index contributed by atoms with van der Waals surface area (Å²) >= 11 is 0. The van der Waals surface area contributed by atoms with Gasteiger partial charge in [0.2, 0.25) is 0 Å². The van der Waals surface area contributed by atoms with Gasteiger partial charge in [-0.05, 0) is 62.1 Å². The van der Waals surface area contributed by atoms with Gasteiger partial charge >= 0.3 is 6.03 Å². The number of anilines is 2. The van der Waals surface area contributed by atoms with Gasteiger partial charge in [0.1, 0.15) is 11.6 Å². The minimum absolute atomic E-state index is 0.317. The second-order valence-corrected chi connectivity index (χ2v) is 5.34. The fourth-order valence-electron chi connectivity index (χ4n) is 2.53. The first-order valence-electron chi connectivity index (χ1n) is 7.55. The van der Waals surface area contributed by atoms with Crippen molar-refractivity contribution in [2.45, 2.75) is 31.8 Å². The van der Waals surface area contributed by atoms with Gasteiger partial charge in [0.25, 0.3) is 0 Å². The number of hydrogen-bond donors (Lipinski definition) is 2. The quantitative estimate of drug-likeness (QED) is 0.895. The van der Waals surface area contributed by atoms with E-state index in [1.807, 2.05) is 30.3 Å². The van der Waals surface area contributed by atoms with Crippen molar-refractivity contribution >= 4 is 17.5 Å². The molecule has 0 spiro atoms. The normalized spacial score (nSPS) is 14.5. The van der Waals surface area contributed by atoms with Gasteiger partial charge < -0.3 is 10.1 Å². The highest BCUT2D eigenvalue weighted by Crippen LogP contribution is 2.25. The lowest BCUT2D eigenvalue weighted by molar-refractivity contribution is 0.210. The number of benzene rings is 1. The molecule has 3 rings (SSSR count). The lowest BCUT2D eigenvalue weighted by Crippen LogP contribution is -2.20. The van der Waals surface area contributed by atoms with Crippen molar-refractivity contribution in [1.29, 1.82) is 0 Å². The Hall–Kier alpha value is -2.56. The molecule has 1 aliphatic carbocycles. The number of aromatic nitrogens is 1. The summed E-state index contributed by atoms with van der Waals surface area (Å²) in [5.41, 5.74) is 0.715. The van der Waals surface area contributed by atoms with Gasteiger partial charge in [-0.2, -0.15) is 0 Å². The zero-order valence-corrected chi connectivity index (χ0v) is 12.3. The number of hydrogen-bond acceptors (Lipinski definition) is 3. The molecule has 0 radical (unpaired) electrons. The van der Waals surface area contributed by atoms with E-state index in [-0.39, 0.29) is 6.03 Å². The van der Waals surface area contributed by atoms with Crippen molar-refractivity contribution in [2.24, 2.45) is 0 Å². The highest BCUT2D eigenvalue weighted by Gasteiger charge is 2.16. The van der Waals surface area contributed by atoms with E-state index in [1.54, 1.807) is 18.3 Å². The van der Waals surface area contributed by atoms with E-state index in [9.17, 15) is 4.79 Å². The maximum absolute atomic E-state index is 11.9. The van der Waals surface area contributed by atoms with E-state index in [0.29, 0.717) is 17.6 Å². The van der Waals surface area contributed by atoms with Gasteiger partial charge in [-0.15, -0.1) is 0 Å². The molecule has 5 heteroatoms. The molecule has 1 aromatic heterocycles. The predicted octanol–water partition coefficient (Wildman–Crippen LogP) is 4.05. The van der Waals surface area contributed by atoms with Crippen LogP contribution in [-0.4, -0.2) is 17.1 Å². The molecule has 2 N–H and O–H groups in total. The smallest absolute Gasteiger partial charge is 0.324 e. The molecule has 2 amide bonds. The molecular formula is C17H19N3O2. The zero-order chi connectivity index (χ0) is 15.2. The second-order valence-electron chi connectivity index (χ2n) is 5.34. The first kappa shape index (κ1) is 14.4. The highest BCUT2D eigenvalue weighted by molar-refractivity contribution is 5.99. The molecule has 1 fully saturated rings. The number of pyridine rings is 1. The number of carbonyl (C=O) groups excluding carboxylic acids is 1. The van der Waals surface area contributed by atoms with Crippen LogP contribution in [0.2, 0.25) is 0 Å². The summed E-state index contributed by atoms with van der Waals surface area (Å²) in [7, 11) is 0. The largest absolute Gasteiger partial charge is 0.490 e. The third-order valence-corrected chi connectivity index (χ3v) is 3.62. The lowest BCUT2D eigenvalue weighted by Gasteiger charge is -2.13. The van der Waals surface area contributed by atoms with Crippen LogP contribution in [0, 0.1) is 0 Å². The topological polar surface area (TPSA) is 63.2 Å². The summed E-state index contributed by atoms with van der Waals surface area (Å²) in [5.74, 6) is 1.36. The van der Waals surface area contributed by atoms with Gasteiger partial charge in [-0.3, -0.25) is 5.32 Å². The van der Waals surface area contributed by atoms with Crippen LogP contribution in [0.1, 0.15) is 25.7 Å². The van der Waals surface area contributed by atoms with Crippen molar-refractivity contribution in [3.05, 3.63) is 48.7 Å². The van der Waals surface area contributed by atoms with Crippen LogP contribution >= 0.6 is 0 Å². The van der Waals surface area contributed by atoms with Gasteiger partial charge in [-0.25, -0.2) is 9.78 Å². The molecule has 5 nitrogen and oxygen atoms in total. The molecular weight excluding hydrogens is 278 g/mol. The Kier molecular flexibility index (Phi) is 4.53. The molecule has 0 aliphatic heterocycles. The molecule has 1 aliphatic rings. The second kappa shape index (κ2) is 6.93. The Morgan fingerprint density at radius 3 is 2.50 bits per heavy atom. The molecule has 2 aromatic rings. The lowest BCUT2D eigenvalue weighted by atomic mass is 10.3. The Bertz CT molecular complexity index is 608. The molecule has 0 atom stereocenters. The SMILES string of the molecule is O=C(Nc1ccc(OC2CCCC2)cc1)Nc1ccccn1.